The molecule has 0 saturated carbocycles. The zero-order valence-corrected chi connectivity index (χ0v) is 12.0. The molecular weight excluding hydrogens is 232 g/mol. The molecule has 108 valence electrons. The maximum atomic E-state index is 12.1. The lowest BCUT2D eigenvalue weighted by atomic mass is 9.83. The maximum Gasteiger partial charge on any atom is 0.224 e. The lowest BCUT2D eigenvalue weighted by molar-refractivity contribution is -0.129. The van der Waals surface area contributed by atoms with Crippen LogP contribution >= 0.6 is 0 Å². The molecule has 0 fully saturated rings. The van der Waals surface area contributed by atoms with Gasteiger partial charge in [-0.05, 0) is 18.3 Å². The maximum absolute atomic E-state index is 12.1. The van der Waals surface area contributed by atoms with Gasteiger partial charge in [0.1, 0.15) is 0 Å². The monoisotopic (exact) mass is 260 g/mol. The molecule has 1 amide bonds. The van der Waals surface area contributed by atoms with Crippen LogP contribution in [-0.2, 0) is 4.79 Å². The van der Waals surface area contributed by atoms with Gasteiger partial charge in [0.2, 0.25) is 5.91 Å². The van der Waals surface area contributed by atoms with Gasteiger partial charge in [0.15, 0.2) is 0 Å². The third-order valence-electron chi connectivity index (χ3n) is 3.18. The van der Waals surface area contributed by atoms with E-state index < -0.39 is 5.54 Å². The average Bonchev–Trinajstić information content (AvgIpc) is 2.32. The average molecular weight is 260 g/mol. The van der Waals surface area contributed by atoms with E-state index in [0.717, 1.165) is 0 Å². The van der Waals surface area contributed by atoms with Crippen molar-refractivity contribution in [3.05, 3.63) is 0 Å². The first-order valence-corrected chi connectivity index (χ1v) is 6.47. The molecule has 18 heavy (non-hydrogen) atoms. The Morgan fingerprint density at radius 1 is 1.28 bits per heavy atom. The van der Waals surface area contributed by atoms with Crippen molar-refractivity contribution in [1.29, 1.82) is 0 Å². The Kier molecular flexibility index (Phi) is 6.81. The van der Waals surface area contributed by atoms with Crippen LogP contribution in [0.25, 0.3) is 0 Å². The lowest BCUT2D eigenvalue weighted by Gasteiger charge is -2.33. The SMILES string of the molecule is CCC(CO)(CO)NC(=O)C(CN)CC(C)(C)C. The van der Waals surface area contributed by atoms with Crippen molar-refractivity contribution in [2.45, 2.75) is 46.1 Å². The van der Waals surface area contributed by atoms with Crippen LogP contribution in [0.2, 0.25) is 0 Å². The Labute approximate surface area is 110 Å². The van der Waals surface area contributed by atoms with Crippen LogP contribution in [0.1, 0.15) is 40.5 Å². The lowest BCUT2D eigenvalue weighted by Crippen LogP contribution is -2.56. The number of carbonyl (C=O) groups is 1. The highest BCUT2D eigenvalue weighted by Gasteiger charge is 2.32. The first-order chi connectivity index (χ1) is 8.23. The number of hydrogen-bond acceptors (Lipinski definition) is 4. The van der Waals surface area contributed by atoms with Crippen molar-refractivity contribution in [2.75, 3.05) is 19.8 Å². The van der Waals surface area contributed by atoms with Crippen LogP contribution in [0, 0.1) is 11.3 Å². The van der Waals surface area contributed by atoms with Gasteiger partial charge in [-0.2, -0.15) is 0 Å². The standard InChI is InChI=1S/C13H28N2O3/c1-5-13(8-16,9-17)15-11(18)10(7-14)6-12(2,3)4/h10,16-17H,5-9,14H2,1-4H3,(H,15,18). The second kappa shape index (κ2) is 7.07. The number of amides is 1. The zero-order valence-electron chi connectivity index (χ0n) is 12.0. The van der Waals surface area contributed by atoms with E-state index in [-0.39, 0.29) is 37.0 Å². The minimum atomic E-state index is -0.942. The van der Waals surface area contributed by atoms with Gasteiger partial charge in [0, 0.05) is 6.54 Å². The molecule has 0 radical (unpaired) electrons. The number of nitrogens with one attached hydrogen (secondary N) is 1. The fourth-order valence-corrected chi connectivity index (χ4v) is 1.83. The highest BCUT2D eigenvalue weighted by atomic mass is 16.3. The third kappa shape index (κ3) is 5.33. The second-order valence-corrected chi connectivity index (χ2v) is 6.14. The van der Waals surface area contributed by atoms with Crippen LogP contribution in [0.3, 0.4) is 0 Å². The first-order valence-electron chi connectivity index (χ1n) is 6.47. The van der Waals surface area contributed by atoms with Crippen molar-refractivity contribution < 1.29 is 15.0 Å². The molecule has 0 aliphatic rings. The van der Waals surface area contributed by atoms with Crippen molar-refractivity contribution in [3.8, 4) is 0 Å². The Morgan fingerprint density at radius 3 is 2.06 bits per heavy atom. The van der Waals surface area contributed by atoms with Gasteiger partial charge in [-0.15, -0.1) is 0 Å². The molecule has 5 heteroatoms. The summed E-state index contributed by atoms with van der Waals surface area (Å²) in [6.07, 6.45) is 1.14. The van der Waals surface area contributed by atoms with Crippen LogP contribution in [-0.4, -0.2) is 41.4 Å². The molecule has 0 aromatic carbocycles. The molecule has 0 bridgehead atoms. The van der Waals surface area contributed by atoms with Crippen molar-refractivity contribution >= 4 is 5.91 Å². The minimum Gasteiger partial charge on any atom is -0.394 e. The number of aliphatic hydroxyl groups is 2. The van der Waals surface area contributed by atoms with E-state index in [0.29, 0.717) is 12.8 Å². The molecule has 0 spiro atoms. The van der Waals surface area contributed by atoms with E-state index in [1.54, 1.807) is 0 Å². The summed E-state index contributed by atoms with van der Waals surface area (Å²) in [7, 11) is 0. The highest BCUT2D eigenvalue weighted by Crippen LogP contribution is 2.24. The summed E-state index contributed by atoms with van der Waals surface area (Å²) in [6.45, 7) is 7.67. The Hall–Kier alpha value is -0.650. The summed E-state index contributed by atoms with van der Waals surface area (Å²) in [5.74, 6) is -0.494. The summed E-state index contributed by atoms with van der Waals surface area (Å²) >= 11 is 0. The van der Waals surface area contributed by atoms with Crippen LogP contribution in [0.5, 0.6) is 0 Å². The van der Waals surface area contributed by atoms with E-state index in [1.807, 2.05) is 27.7 Å². The summed E-state index contributed by atoms with van der Waals surface area (Å²) < 4.78 is 0. The minimum absolute atomic E-state index is 0.00861. The Morgan fingerprint density at radius 2 is 1.78 bits per heavy atom. The van der Waals surface area contributed by atoms with Crippen LogP contribution in [0.4, 0.5) is 0 Å². The first kappa shape index (κ1) is 17.4. The highest BCUT2D eigenvalue weighted by molar-refractivity contribution is 5.79. The molecule has 5 N–H and O–H groups in total. The van der Waals surface area contributed by atoms with Gasteiger partial charge in [-0.25, -0.2) is 0 Å². The van der Waals surface area contributed by atoms with Gasteiger partial charge < -0.3 is 21.3 Å². The normalized spacial score (nSPS) is 14.4. The molecule has 0 heterocycles. The molecule has 1 unspecified atom stereocenters. The largest absolute Gasteiger partial charge is 0.394 e. The number of nitrogens with two attached hydrogens (primary N) is 1. The van der Waals surface area contributed by atoms with Gasteiger partial charge in [-0.1, -0.05) is 27.7 Å². The molecule has 0 rings (SSSR count). The number of rotatable bonds is 7. The molecular formula is C13H28N2O3. The van der Waals surface area contributed by atoms with Crippen LogP contribution in [0.15, 0.2) is 0 Å². The second-order valence-electron chi connectivity index (χ2n) is 6.14. The van der Waals surface area contributed by atoms with E-state index in [2.05, 4.69) is 5.32 Å². The van der Waals surface area contributed by atoms with E-state index in [1.165, 1.54) is 0 Å². The smallest absolute Gasteiger partial charge is 0.224 e. The Balaban J connectivity index is 4.70. The van der Waals surface area contributed by atoms with E-state index in [4.69, 9.17) is 5.73 Å². The molecule has 0 aliphatic heterocycles. The zero-order chi connectivity index (χ0) is 14.4. The molecule has 1 atom stereocenters. The quantitative estimate of drug-likeness (QED) is 0.527. The van der Waals surface area contributed by atoms with Gasteiger partial charge in [0.25, 0.3) is 0 Å². The molecule has 0 aliphatic carbocycles. The fraction of sp³-hybridized carbons (Fsp3) is 0.923. The summed E-state index contributed by atoms with van der Waals surface area (Å²) in [6, 6.07) is 0. The van der Waals surface area contributed by atoms with Crippen molar-refractivity contribution in [1.82, 2.24) is 5.32 Å². The molecule has 0 aromatic rings. The van der Waals surface area contributed by atoms with Crippen molar-refractivity contribution in [2.24, 2.45) is 17.1 Å². The van der Waals surface area contributed by atoms with Crippen molar-refractivity contribution in [3.63, 3.8) is 0 Å². The predicted octanol–water partition coefficient (Wildman–Crippen LogP) is 0.247. The number of carbonyl (C=O) groups excluding carboxylic acids is 1. The van der Waals surface area contributed by atoms with E-state index in [9.17, 15) is 15.0 Å². The third-order valence-corrected chi connectivity index (χ3v) is 3.18. The Bertz CT molecular complexity index is 249. The van der Waals surface area contributed by atoms with E-state index >= 15 is 0 Å². The molecule has 0 saturated heterocycles. The van der Waals surface area contributed by atoms with Gasteiger partial charge >= 0.3 is 0 Å². The molecule has 0 aromatic heterocycles. The number of hydrogen-bond donors (Lipinski definition) is 4. The van der Waals surface area contributed by atoms with Crippen LogP contribution < -0.4 is 11.1 Å². The molecule has 5 nitrogen and oxygen atoms in total. The topological polar surface area (TPSA) is 95.6 Å². The fourth-order valence-electron chi connectivity index (χ4n) is 1.83. The summed E-state index contributed by atoms with van der Waals surface area (Å²) in [5.41, 5.74) is 4.70. The van der Waals surface area contributed by atoms with Gasteiger partial charge in [0.05, 0.1) is 24.7 Å². The van der Waals surface area contributed by atoms with Gasteiger partial charge in [-0.3, -0.25) is 4.79 Å². The summed E-state index contributed by atoms with van der Waals surface area (Å²) in [4.78, 5) is 12.1. The predicted molar refractivity (Wildman–Crippen MR) is 72.0 cm³/mol. The number of aliphatic hydroxyl groups excluding tert-OH is 2. The summed E-state index contributed by atoms with van der Waals surface area (Å²) in [5, 5.41) is 21.3.